The van der Waals surface area contributed by atoms with Crippen LogP contribution < -0.4 is 10.6 Å². The Hall–Kier alpha value is -3.45. The highest BCUT2D eigenvalue weighted by atomic mass is 35.5. The van der Waals surface area contributed by atoms with E-state index in [0.717, 1.165) is 16.8 Å². The third-order valence-corrected chi connectivity index (χ3v) is 5.17. The molecule has 30 heavy (non-hydrogen) atoms. The number of carbonyl (C=O) groups is 2. The summed E-state index contributed by atoms with van der Waals surface area (Å²) in [6.07, 6.45) is 1.84. The largest absolute Gasteiger partial charge is 0.342 e. The van der Waals surface area contributed by atoms with Crippen molar-refractivity contribution in [3.63, 3.8) is 0 Å². The normalized spacial score (nSPS) is 12.3. The first-order chi connectivity index (χ1) is 14.4. The van der Waals surface area contributed by atoms with Crippen molar-refractivity contribution in [1.29, 1.82) is 0 Å². The topological polar surface area (TPSA) is 87.2 Å². The maximum atomic E-state index is 12.2. The van der Waals surface area contributed by atoms with Crippen LogP contribution in [-0.4, -0.2) is 40.3 Å². The van der Waals surface area contributed by atoms with Gasteiger partial charge >= 0.3 is 0 Å². The van der Waals surface area contributed by atoms with Gasteiger partial charge in [0, 0.05) is 47.2 Å². The molecule has 0 aliphatic carbocycles. The summed E-state index contributed by atoms with van der Waals surface area (Å²) in [5, 5.41) is 6.56. The zero-order chi connectivity index (χ0) is 21.3. The first-order valence-electron chi connectivity index (χ1n) is 9.53. The molecule has 0 bridgehead atoms. The standard InChI is InChI=1S/C22H20ClN5O2/c1-3-28(2)21(30)13-4-7-16(8-5-13)25-22-24-12-14-10-19(29)26-18-11-15(23)6-9-17(18)20(14)27-22/h4-9,11-12H,3,10H2,1-2H3,(H,26,29)(H,24,25,27). The van der Waals surface area contributed by atoms with E-state index in [1.165, 1.54) is 0 Å². The highest BCUT2D eigenvalue weighted by Crippen LogP contribution is 2.34. The van der Waals surface area contributed by atoms with Crippen LogP contribution in [0.1, 0.15) is 22.8 Å². The Morgan fingerprint density at radius 2 is 2.00 bits per heavy atom. The van der Waals surface area contributed by atoms with Crippen LogP contribution in [0.2, 0.25) is 5.02 Å². The van der Waals surface area contributed by atoms with Crippen LogP contribution >= 0.6 is 11.6 Å². The average Bonchev–Trinajstić information content (AvgIpc) is 2.87. The van der Waals surface area contributed by atoms with Gasteiger partial charge in [-0.1, -0.05) is 11.6 Å². The molecule has 8 heteroatoms. The number of fused-ring (bicyclic) bond motifs is 3. The molecule has 2 heterocycles. The lowest BCUT2D eigenvalue weighted by Crippen LogP contribution is -2.26. The molecule has 0 saturated heterocycles. The second kappa shape index (κ2) is 8.12. The van der Waals surface area contributed by atoms with E-state index < -0.39 is 0 Å². The number of hydrogen-bond acceptors (Lipinski definition) is 5. The number of hydrogen-bond donors (Lipinski definition) is 2. The van der Waals surface area contributed by atoms with Crippen LogP contribution in [0.3, 0.4) is 0 Å². The van der Waals surface area contributed by atoms with Crippen molar-refractivity contribution in [3.8, 4) is 11.3 Å². The van der Waals surface area contributed by atoms with Gasteiger partial charge in [0.25, 0.3) is 5.91 Å². The molecular formula is C22H20ClN5O2. The van der Waals surface area contributed by atoms with Crippen molar-refractivity contribution in [2.75, 3.05) is 24.2 Å². The third-order valence-electron chi connectivity index (χ3n) is 4.94. The van der Waals surface area contributed by atoms with Crippen molar-refractivity contribution in [1.82, 2.24) is 14.9 Å². The molecule has 7 nitrogen and oxygen atoms in total. The molecule has 1 aromatic heterocycles. The second-order valence-corrected chi connectivity index (χ2v) is 7.44. The Kier molecular flexibility index (Phi) is 5.37. The van der Waals surface area contributed by atoms with E-state index in [9.17, 15) is 9.59 Å². The third kappa shape index (κ3) is 3.97. The lowest BCUT2D eigenvalue weighted by molar-refractivity contribution is -0.115. The quantitative estimate of drug-likeness (QED) is 0.661. The van der Waals surface area contributed by atoms with Gasteiger partial charge in [0.05, 0.1) is 17.8 Å². The van der Waals surface area contributed by atoms with Crippen molar-refractivity contribution >= 4 is 40.7 Å². The smallest absolute Gasteiger partial charge is 0.253 e. The summed E-state index contributed by atoms with van der Waals surface area (Å²) in [5.41, 5.74) is 4.19. The van der Waals surface area contributed by atoms with E-state index in [-0.39, 0.29) is 18.2 Å². The number of nitrogens with one attached hydrogen (secondary N) is 2. The molecule has 152 valence electrons. The number of anilines is 3. The summed E-state index contributed by atoms with van der Waals surface area (Å²) < 4.78 is 0. The van der Waals surface area contributed by atoms with Gasteiger partial charge in [0.15, 0.2) is 0 Å². The van der Waals surface area contributed by atoms with Crippen LogP contribution in [0, 0.1) is 0 Å². The van der Waals surface area contributed by atoms with E-state index in [1.807, 2.05) is 25.1 Å². The summed E-state index contributed by atoms with van der Waals surface area (Å²) in [6, 6.07) is 12.5. The van der Waals surface area contributed by atoms with Crippen molar-refractivity contribution in [2.45, 2.75) is 13.3 Å². The predicted octanol–water partition coefficient (Wildman–Crippen LogP) is 4.13. The van der Waals surface area contributed by atoms with Crippen LogP contribution in [0.4, 0.5) is 17.3 Å². The Morgan fingerprint density at radius 3 is 2.73 bits per heavy atom. The van der Waals surface area contributed by atoms with Gasteiger partial charge in [-0.25, -0.2) is 9.97 Å². The zero-order valence-electron chi connectivity index (χ0n) is 16.6. The van der Waals surface area contributed by atoms with Gasteiger partial charge in [-0.3, -0.25) is 9.59 Å². The minimum Gasteiger partial charge on any atom is -0.342 e. The number of benzene rings is 2. The number of aromatic nitrogens is 2. The van der Waals surface area contributed by atoms with E-state index >= 15 is 0 Å². The molecule has 0 fully saturated rings. The number of carbonyl (C=O) groups excluding carboxylic acids is 2. The number of rotatable bonds is 4. The number of amides is 2. The summed E-state index contributed by atoms with van der Waals surface area (Å²) in [6.45, 7) is 2.57. The molecule has 1 aliphatic rings. The first kappa shape index (κ1) is 19.8. The number of nitrogens with zero attached hydrogens (tertiary/aromatic N) is 3. The summed E-state index contributed by atoms with van der Waals surface area (Å²) >= 11 is 6.08. The lowest BCUT2D eigenvalue weighted by atomic mass is 10.1. The Morgan fingerprint density at radius 1 is 1.23 bits per heavy atom. The molecule has 1 aliphatic heterocycles. The predicted molar refractivity (Wildman–Crippen MR) is 117 cm³/mol. The highest BCUT2D eigenvalue weighted by Gasteiger charge is 2.21. The van der Waals surface area contributed by atoms with Crippen LogP contribution in [0.25, 0.3) is 11.3 Å². The van der Waals surface area contributed by atoms with E-state index in [2.05, 4.69) is 20.6 Å². The van der Waals surface area contributed by atoms with Crippen LogP contribution in [0.5, 0.6) is 0 Å². The Bertz CT molecular complexity index is 1130. The van der Waals surface area contributed by atoms with Gasteiger partial charge in [0.2, 0.25) is 11.9 Å². The van der Waals surface area contributed by atoms with E-state index in [0.29, 0.717) is 34.5 Å². The van der Waals surface area contributed by atoms with Gasteiger partial charge in [-0.2, -0.15) is 0 Å². The summed E-state index contributed by atoms with van der Waals surface area (Å²) in [5.74, 6) is 0.227. The maximum Gasteiger partial charge on any atom is 0.253 e. The first-order valence-corrected chi connectivity index (χ1v) is 9.90. The van der Waals surface area contributed by atoms with Crippen LogP contribution in [0.15, 0.2) is 48.7 Å². The minimum absolute atomic E-state index is 0.0298. The summed E-state index contributed by atoms with van der Waals surface area (Å²) in [4.78, 5) is 35.1. The molecule has 0 saturated carbocycles. The fourth-order valence-electron chi connectivity index (χ4n) is 3.21. The average molecular weight is 422 g/mol. The lowest BCUT2D eigenvalue weighted by Gasteiger charge is -2.15. The molecule has 0 unspecified atom stereocenters. The van der Waals surface area contributed by atoms with Gasteiger partial charge < -0.3 is 15.5 Å². The maximum absolute atomic E-state index is 12.2. The SMILES string of the molecule is CCN(C)C(=O)c1ccc(Nc2ncc3c(n2)-c2ccc(Cl)cc2NC(=O)C3)cc1. The van der Waals surface area contributed by atoms with Crippen molar-refractivity contribution in [2.24, 2.45) is 0 Å². The fraction of sp³-hybridized carbons (Fsp3) is 0.182. The molecule has 0 atom stereocenters. The molecule has 4 rings (SSSR count). The molecular weight excluding hydrogens is 402 g/mol. The van der Waals surface area contributed by atoms with Gasteiger partial charge in [0.1, 0.15) is 0 Å². The van der Waals surface area contributed by atoms with E-state index in [4.69, 9.17) is 11.6 Å². The second-order valence-electron chi connectivity index (χ2n) is 7.00. The monoisotopic (exact) mass is 421 g/mol. The van der Waals surface area contributed by atoms with Crippen molar-refractivity contribution < 1.29 is 9.59 Å². The molecule has 3 aromatic rings. The molecule has 2 N–H and O–H groups in total. The number of halogens is 1. The highest BCUT2D eigenvalue weighted by molar-refractivity contribution is 6.31. The Labute approximate surface area is 179 Å². The molecule has 2 amide bonds. The van der Waals surface area contributed by atoms with Crippen LogP contribution in [-0.2, 0) is 11.2 Å². The zero-order valence-corrected chi connectivity index (χ0v) is 17.3. The molecule has 0 radical (unpaired) electrons. The van der Waals surface area contributed by atoms with Crippen molar-refractivity contribution in [3.05, 3.63) is 64.8 Å². The van der Waals surface area contributed by atoms with Gasteiger partial charge in [-0.05, 0) is 49.4 Å². The van der Waals surface area contributed by atoms with Gasteiger partial charge in [-0.15, -0.1) is 0 Å². The molecule has 0 spiro atoms. The molecule has 2 aromatic carbocycles. The fourth-order valence-corrected chi connectivity index (χ4v) is 3.38. The Balaban J connectivity index is 1.63. The minimum atomic E-state index is -0.140. The van der Waals surface area contributed by atoms with E-state index in [1.54, 1.807) is 42.4 Å². The summed E-state index contributed by atoms with van der Waals surface area (Å²) in [7, 11) is 1.77.